The molecule has 2 aliphatic heterocycles. The zero-order valence-corrected chi connectivity index (χ0v) is 15.6. The van der Waals surface area contributed by atoms with E-state index in [0.29, 0.717) is 11.8 Å². The van der Waals surface area contributed by atoms with Crippen LogP contribution in [0, 0.1) is 18.8 Å². The molecule has 0 aliphatic carbocycles. The summed E-state index contributed by atoms with van der Waals surface area (Å²) in [6.07, 6.45) is 3.26. The van der Waals surface area contributed by atoms with E-state index in [2.05, 4.69) is 51.6 Å². The molecule has 0 amide bonds. The Morgan fingerprint density at radius 2 is 1.80 bits per heavy atom. The molecule has 4 rings (SSSR count). The lowest BCUT2D eigenvalue weighted by Crippen LogP contribution is -2.29. The number of anilines is 1. The van der Waals surface area contributed by atoms with Gasteiger partial charge in [0.05, 0.1) is 11.4 Å². The van der Waals surface area contributed by atoms with E-state index in [1.807, 2.05) is 6.92 Å². The van der Waals surface area contributed by atoms with Gasteiger partial charge in [0.1, 0.15) is 17.9 Å². The second kappa shape index (κ2) is 6.09. The Kier molecular flexibility index (Phi) is 4.02. The van der Waals surface area contributed by atoms with Gasteiger partial charge in [-0.1, -0.05) is 20.8 Å². The van der Waals surface area contributed by atoms with Gasteiger partial charge in [-0.3, -0.25) is 4.90 Å². The largest absolute Gasteiger partial charge is 0.448 e. The number of rotatable bonds is 3. The monoisotopic (exact) mass is 341 g/mol. The van der Waals surface area contributed by atoms with Crippen molar-refractivity contribution in [2.75, 3.05) is 31.1 Å². The summed E-state index contributed by atoms with van der Waals surface area (Å²) in [6.45, 7) is 13.9. The van der Waals surface area contributed by atoms with E-state index in [9.17, 15) is 0 Å². The number of hydrogen-bond acceptors (Lipinski definition) is 6. The highest BCUT2D eigenvalue weighted by Gasteiger charge is 2.40. The molecule has 134 valence electrons. The van der Waals surface area contributed by atoms with Gasteiger partial charge in [-0.05, 0) is 18.8 Å². The maximum absolute atomic E-state index is 5.32. The fourth-order valence-corrected chi connectivity index (χ4v) is 4.03. The number of hydrogen-bond donors (Lipinski definition) is 0. The second-order valence-electron chi connectivity index (χ2n) is 8.49. The molecule has 0 aromatic carbocycles. The molecule has 2 aliphatic rings. The predicted octanol–water partition coefficient (Wildman–Crippen LogP) is 2.64. The van der Waals surface area contributed by atoms with Gasteiger partial charge in [0.15, 0.2) is 6.39 Å². The molecule has 25 heavy (non-hydrogen) atoms. The first-order valence-corrected chi connectivity index (χ1v) is 9.09. The summed E-state index contributed by atoms with van der Waals surface area (Å²) in [6, 6.07) is 2.16. The SMILES string of the molecule is Cc1ocnc1CN1CC2CN(c3cc(C(C)(C)C)ncn3)CC2C1. The van der Waals surface area contributed by atoms with Crippen molar-refractivity contribution in [3.8, 4) is 0 Å². The quantitative estimate of drug-likeness (QED) is 0.855. The number of oxazole rings is 1. The summed E-state index contributed by atoms with van der Waals surface area (Å²) in [5.41, 5.74) is 2.24. The van der Waals surface area contributed by atoms with Crippen LogP contribution in [0.5, 0.6) is 0 Å². The lowest BCUT2D eigenvalue weighted by Gasteiger charge is -2.24. The third-order valence-electron chi connectivity index (χ3n) is 5.52. The first kappa shape index (κ1) is 16.5. The van der Waals surface area contributed by atoms with Gasteiger partial charge in [-0.2, -0.15) is 0 Å². The highest BCUT2D eigenvalue weighted by Crippen LogP contribution is 2.34. The van der Waals surface area contributed by atoms with Crippen molar-refractivity contribution in [1.82, 2.24) is 19.9 Å². The zero-order chi connectivity index (χ0) is 17.6. The van der Waals surface area contributed by atoms with E-state index in [4.69, 9.17) is 4.42 Å². The summed E-state index contributed by atoms with van der Waals surface area (Å²) >= 11 is 0. The molecule has 2 aromatic heterocycles. The van der Waals surface area contributed by atoms with Gasteiger partial charge in [-0.15, -0.1) is 0 Å². The van der Waals surface area contributed by atoms with Crippen LogP contribution in [-0.4, -0.2) is 46.0 Å². The van der Waals surface area contributed by atoms with Gasteiger partial charge in [0.25, 0.3) is 0 Å². The van der Waals surface area contributed by atoms with Crippen molar-refractivity contribution in [2.45, 2.75) is 39.7 Å². The van der Waals surface area contributed by atoms with Crippen LogP contribution in [0.15, 0.2) is 23.2 Å². The van der Waals surface area contributed by atoms with Crippen LogP contribution in [0.4, 0.5) is 5.82 Å². The molecule has 2 aromatic rings. The molecular weight excluding hydrogens is 314 g/mol. The molecule has 2 atom stereocenters. The zero-order valence-electron chi connectivity index (χ0n) is 15.6. The van der Waals surface area contributed by atoms with E-state index < -0.39 is 0 Å². The predicted molar refractivity (Wildman–Crippen MR) is 96.4 cm³/mol. The highest BCUT2D eigenvalue weighted by atomic mass is 16.3. The smallest absolute Gasteiger partial charge is 0.181 e. The Balaban J connectivity index is 1.40. The van der Waals surface area contributed by atoms with Crippen LogP contribution in [-0.2, 0) is 12.0 Å². The summed E-state index contributed by atoms with van der Waals surface area (Å²) in [4.78, 5) is 18.3. The molecule has 0 radical (unpaired) electrons. The highest BCUT2D eigenvalue weighted by molar-refractivity contribution is 5.42. The van der Waals surface area contributed by atoms with Crippen molar-refractivity contribution in [3.05, 3.63) is 35.9 Å². The van der Waals surface area contributed by atoms with Crippen molar-refractivity contribution in [2.24, 2.45) is 11.8 Å². The second-order valence-corrected chi connectivity index (χ2v) is 8.49. The first-order chi connectivity index (χ1) is 11.9. The number of fused-ring (bicyclic) bond motifs is 1. The van der Waals surface area contributed by atoms with Crippen LogP contribution in [0.25, 0.3) is 0 Å². The van der Waals surface area contributed by atoms with E-state index in [-0.39, 0.29) is 5.41 Å². The molecular formula is C19H27N5O. The van der Waals surface area contributed by atoms with Crippen molar-refractivity contribution in [1.29, 1.82) is 0 Å². The minimum Gasteiger partial charge on any atom is -0.448 e. The van der Waals surface area contributed by atoms with Crippen molar-refractivity contribution in [3.63, 3.8) is 0 Å². The van der Waals surface area contributed by atoms with E-state index in [1.165, 1.54) is 0 Å². The molecule has 2 saturated heterocycles. The molecule has 4 heterocycles. The van der Waals surface area contributed by atoms with Crippen molar-refractivity contribution >= 4 is 5.82 Å². The number of aromatic nitrogens is 3. The van der Waals surface area contributed by atoms with E-state index >= 15 is 0 Å². The topological polar surface area (TPSA) is 58.3 Å². The van der Waals surface area contributed by atoms with Gasteiger partial charge in [-0.25, -0.2) is 15.0 Å². The van der Waals surface area contributed by atoms with Crippen LogP contribution >= 0.6 is 0 Å². The van der Waals surface area contributed by atoms with Crippen LogP contribution in [0.2, 0.25) is 0 Å². The molecule has 2 fully saturated rings. The summed E-state index contributed by atoms with van der Waals surface area (Å²) in [5, 5.41) is 0. The maximum Gasteiger partial charge on any atom is 0.181 e. The fraction of sp³-hybridized carbons (Fsp3) is 0.632. The standard InChI is InChI=1S/C19H27N5O/c1-13-16(22-12-25-13)10-23-6-14-8-24(9-15(14)7-23)18-5-17(19(2,3)4)20-11-21-18/h5,11-12,14-15H,6-10H2,1-4H3. The normalized spacial score (nSPS) is 24.1. The molecule has 2 unspecified atom stereocenters. The number of likely N-dealkylation sites (tertiary alicyclic amines) is 1. The van der Waals surface area contributed by atoms with E-state index in [1.54, 1.807) is 12.7 Å². The Bertz CT molecular complexity index is 736. The average molecular weight is 341 g/mol. The maximum atomic E-state index is 5.32. The van der Waals surface area contributed by atoms with Gasteiger partial charge in [0, 0.05) is 44.2 Å². The lowest BCUT2D eigenvalue weighted by molar-refractivity contribution is 0.303. The van der Waals surface area contributed by atoms with Crippen LogP contribution < -0.4 is 4.90 Å². The summed E-state index contributed by atoms with van der Waals surface area (Å²) in [5.74, 6) is 3.43. The average Bonchev–Trinajstić information content (AvgIpc) is 3.22. The lowest BCUT2D eigenvalue weighted by atomic mass is 9.92. The summed E-state index contributed by atoms with van der Waals surface area (Å²) in [7, 11) is 0. The van der Waals surface area contributed by atoms with Gasteiger partial charge in [0.2, 0.25) is 0 Å². The Morgan fingerprint density at radius 3 is 2.40 bits per heavy atom. The number of nitrogens with zero attached hydrogens (tertiary/aromatic N) is 5. The minimum absolute atomic E-state index is 0.0551. The molecule has 0 saturated carbocycles. The van der Waals surface area contributed by atoms with Crippen LogP contribution in [0.1, 0.15) is 37.9 Å². The Morgan fingerprint density at radius 1 is 1.08 bits per heavy atom. The van der Waals surface area contributed by atoms with Crippen LogP contribution in [0.3, 0.4) is 0 Å². The summed E-state index contributed by atoms with van der Waals surface area (Å²) < 4.78 is 5.32. The van der Waals surface area contributed by atoms with Gasteiger partial charge >= 0.3 is 0 Å². The van der Waals surface area contributed by atoms with Gasteiger partial charge < -0.3 is 9.32 Å². The molecule has 6 nitrogen and oxygen atoms in total. The number of aryl methyl sites for hydroxylation is 1. The molecule has 0 N–H and O–H groups in total. The Labute approximate surface area is 149 Å². The fourth-order valence-electron chi connectivity index (χ4n) is 4.03. The first-order valence-electron chi connectivity index (χ1n) is 9.09. The molecule has 0 spiro atoms. The Hall–Kier alpha value is -1.95. The molecule has 6 heteroatoms. The minimum atomic E-state index is 0.0551. The third-order valence-corrected chi connectivity index (χ3v) is 5.52. The third kappa shape index (κ3) is 3.27. The van der Waals surface area contributed by atoms with Crippen molar-refractivity contribution < 1.29 is 4.42 Å². The van der Waals surface area contributed by atoms with E-state index in [0.717, 1.165) is 55.7 Å². The molecule has 0 bridgehead atoms.